The van der Waals surface area contributed by atoms with Crippen LogP contribution in [-0.2, 0) is 11.3 Å². The van der Waals surface area contributed by atoms with E-state index in [1.807, 2.05) is 6.92 Å². The van der Waals surface area contributed by atoms with Crippen LogP contribution in [0.25, 0.3) is 0 Å². The summed E-state index contributed by atoms with van der Waals surface area (Å²) in [5.41, 5.74) is 0.247. The Labute approximate surface area is 129 Å². The first-order valence-corrected chi connectivity index (χ1v) is 7.86. The van der Waals surface area contributed by atoms with Gasteiger partial charge < -0.3 is 10.0 Å². The zero-order valence-electron chi connectivity index (χ0n) is 13.4. The summed E-state index contributed by atoms with van der Waals surface area (Å²) in [5.74, 6) is 0.281. The van der Waals surface area contributed by atoms with Gasteiger partial charge in [0.25, 0.3) is 0 Å². The zero-order valence-corrected chi connectivity index (χ0v) is 13.4. The van der Waals surface area contributed by atoms with Gasteiger partial charge in [-0.15, -0.1) is 0 Å². The maximum absolute atomic E-state index is 12.5. The standard InChI is InChI=1S/C16H23N3O3/c1-10-7-18(9-16(10,22)13-4-5-13)14(20)8-19-12(3)6-11(2)17-15(19)21/h6,10,13,22H,4-5,7-9H2,1-3H3/t10-,16+/m1/s1. The molecule has 1 saturated carbocycles. The predicted molar refractivity (Wildman–Crippen MR) is 81.4 cm³/mol. The van der Waals surface area contributed by atoms with Crippen molar-refractivity contribution in [2.24, 2.45) is 11.8 Å². The molecular formula is C16H23N3O3. The van der Waals surface area contributed by atoms with E-state index < -0.39 is 11.3 Å². The third-order valence-electron chi connectivity index (χ3n) is 5.07. The molecule has 0 bridgehead atoms. The third-order valence-corrected chi connectivity index (χ3v) is 5.07. The minimum absolute atomic E-state index is 0.00852. The molecular weight excluding hydrogens is 282 g/mol. The molecule has 120 valence electrons. The highest BCUT2D eigenvalue weighted by molar-refractivity contribution is 5.76. The number of carbonyl (C=O) groups is 1. The Bertz CT molecular complexity index is 665. The largest absolute Gasteiger partial charge is 0.387 e. The summed E-state index contributed by atoms with van der Waals surface area (Å²) in [5, 5.41) is 10.8. The Morgan fingerprint density at radius 1 is 1.45 bits per heavy atom. The highest BCUT2D eigenvalue weighted by Crippen LogP contribution is 2.46. The number of aromatic nitrogens is 2. The second kappa shape index (κ2) is 5.19. The van der Waals surface area contributed by atoms with Crippen molar-refractivity contribution in [3.05, 3.63) is 27.9 Å². The molecule has 0 aromatic carbocycles. The molecule has 1 amide bonds. The molecule has 1 N–H and O–H groups in total. The van der Waals surface area contributed by atoms with Crippen LogP contribution in [0.5, 0.6) is 0 Å². The molecule has 22 heavy (non-hydrogen) atoms. The van der Waals surface area contributed by atoms with E-state index in [0.717, 1.165) is 18.5 Å². The molecule has 0 radical (unpaired) electrons. The number of amides is 1. The number of nitrogens with zero attached hydrogens (tertiary/aromatic N) is 3. The molecule has 1 saturated heterocycles. The van der Waals surface area contributed by atoms with E-state index in [1.54, 1.807) is 24.8 Å². The SMILES string of the molecule is Cc1cc(C)n(CC(=O)N2C[C@@H](C)[C@](O)(C3CC3)C2)c(=O)n1. The van der Waals surface area contributed by atoms with E-state index in [2.05, 4.69) is 4.98 Å². The number of β-amino-alcohol motifs (C(OH)–C–C–N with tert-alkyl or cyclic N) is 1. The number of carbonyl (C=O) groups excluding carboxylic acids is 1. The van der Waals surface area contributed by atoms with Gasteiger partial charge in [-0.05, 0) is 38.7 Å². The van der Waals surface area contributed by atoms with Crippen molar-refractivity contribution in [2.75, 3.05) is 13.1 Å². The number of rotatable bonds is 3. The second-order valence-corrected chi connectivity index (χ2v) is 6.85. The van der Waals surface area contributed by atoms with Gasteiger partial charge in [0.2, 0.25) is 5.91 Å². The van der Waals surface area contributed by atoms with Crippen LogP contribution in [0.3, 0.4) is 0 Å². The Morgan fingerprint density at radius 3 is 2.73 bits per heavy atom. The van der Waals surface area contributed by atoms with E-state index >= 15 is 0 Å². The average Bonchev–Trinajstić information content (AvgIpc) is 3.22. The summed E-state index contributed by atoms with van der Waals surface area (Å²) in [6.45, 7) is 6.49. The van der Waals surface area contributed by atoms with Crippen LogP contribution in [0.2, 0.25) is 0 Å². The fraction of sp³-hybridized carbons (Fsp3) is 0.688. The van der Waals surface area contributed by atoms with Crippen LogP contribution in [0.1, 0.15) is 31.2 Å². The maximum atomic E-state index is 12.5. The summed E-state index contributed by atoms with van der Waals surface area (Å²) in [6.07, 6.45) is 2.09. The minimum Gasteiger partial charge on any atom is -0.387 e. The van der Waals surface area contributed by atoms with E-state index in [-0.39, 0.29) is 18.4 Å². The summed E-state index contributed by atoms with van der Waals surface area (Å²) in [6, 6.07) is 1.79. The van der Waals surface area contributed by atoms with E-state index in [9.17, 15) is 14.7 Å². The summed E-state index contributed by atoms with van der Waals surface area (Å²) >= 11 is 0. The molecule has 2 atom stereocenters. The lowest BCUT2D eigenvalue weighted by Gasteiger charge is -2.26. The zero-order chi connectivity index (χ0) is 16.1. The summed E-state index contributed by atoms with van der Waals surface area (Å²) in [4.78, 5) is 30.0. The van der Waals surface area contributed by atoms with Crippen molar-refractivity contribution in [3.63, 3.8) is 0 Å². The van der Waals surface area contributed by atoms with Gasteiger partial charge in [-0.1, -0.05) is 6.92 Å². The molecule has 1 aliphatic carbocycles. The Kier molecular flexibility index (Phi) is 3.59. The molecule has 6 nitrogen and oxygen atoms in total. The highest BCUT2D eigenvalue weighted by Gasteiger charge is 2.53. The van der Waals surface area contributed by atoms with Crippen LogP contribution in [0.15, 0.2) is 10.9 Å². The Morgan fingerprint density at radius 2 is 2.14 bits per heavy atom. The molecule has 0 spiro atoms. The monoisotopic (exact) mass is 305 g/mol. The van der Waals surface area contributed by atoms with Crippen LogP contribution in [-0.4, -0.2) is 44.2 Å². The normalized spacial score (nSPS) is 28.2. The van der Waals surface area contributed by atoms with Gasteiger partial charge in [-0.2, -0.15) is 4.98 Å². The molecule has 1 aromatic rings. The molecule has 2 heterocycles. The fourth-order valence-electron chi connectivity index (χ4n) is 3.52. The first-order valence-electron chi connectivity index (χ1n) is 7.86. The minimum atomic E-state index is -0.749. The number of hydrogen-bond acceptors (Lipinski definition) is 4. The lowest BCUT2D eigenvalue weighted by molar-refractivity contribution is -0.132. The van der Waals surface area contributed by atoms with E-state index in [1.165, 1.54) is 4.57 Å². The summed E-state index contributed by atoms with van der Waals surface area (Å²) in [7, 11) is 0. The van der Waals surface area contributed by atoms with Gasteiger partial charge >= 0.3 is 5.69 Å². The topological polar surface area (TPSA) is 75.4 Å². The molecule has 6 heteroatoms. The van der Waals surface area contributed by atoms with Gasteiger partial charge in [-0.25, -0.2) is 4.79 Å². The van der Waals surface area contributed by atoms with E-state index in [4.69, 9.17) is 0 Å². The van der Waals surface area contributed by atoms with Crippen molar-refractivity contribution in [1.82, 2.24) is 14.5 Å². The Balaban J connectivity index is 1.75. The molecule has 2 aliphatic rings. The summed E-state index contributed by atoms with van der Waals surface area (Å²) < 4.78 is 1.40. The number of aryl methyl sites for hydroxylation is 2. The van der Waals surface area contributed by atoms with Crippen LogP contribution < -0.4 is 5.69 Å². The van der Waals surface area contributed by atoms with Crippen molar-refractivity contribution in [1.29, 1.82) is 0 Å². The van der Waals surface area contributed by atoms with Crippen molar-refractivity contribution in [3.8, 4) is 0 Å². The van der Waals surface area contributed by atoms with Crippen molar-refractivity contribution >= 4 is 5.91 Å². The lowest BCUT2D eigenvalue weighted by Crippen LogP contribution is -2.42. The number of hydrogen-bond donors (Lipinski definition) is 1. The maximum Gasteiger partial charge on any atom is 0.348 e. The first kappa shape index (κ1) is 15.2. The van der Waals surface area contributed by atoms with Crippen molar-refractivity contribution in [2.45, 2.75) is 45.8 Å². The number of aliphatic hydroxyl groups is 1. The molecule has 1 aliphatic heterocycles. The lowest BCUT2D eigenvalue weighted by atomic mass is 9.88. The predicted octanol–water partition coefficient (Wildman–Crippen LogP) is 0.480. The third kappa shape index (κ3) is 2.56. The molecule has 0 unspecified atom stereocenters. The van der Waals surface area contributed by atoms with Crippen molar-refractivity contribution < 1.29 is 9.90 Å². The van der Waals surface area contributed by atoms with E-state index in [0.29, 0.717) is 24.7 Å². The van der Waals surface area contributed by atoms with Crippen LogP contribution >= 0.6 is 0 Å². The van der Waals surface area contributed by atoms with Gasteiger partial charge in [0.1, 0.15) is 6.54 Å². The molecule has 3 rings (SSSR count). The van der Waals surface area contributed by atoms with Crippen LogP contribution in [0, 0.1) is 25.7 Å². The highest BCUT2D eigenvalue weighted by atomic mass is 16.3. The quantitative estimate of drug-likeness (QED) is 0.881. The van der Waals surface area contributed by atoms with Gasteiger partial charge in [0.05, 0.1) is 12.1 Å². The van der Waals surface area contributed by atoms with Gasteiger partial charge in [-0.3, -0.25) is 9.36 Å². The smallest absolute Gasteiger partial charge is 0.348 e. The fourth-order valence-corrected chi connectivity index (χ4v) is 3.52. The molecule has 1 aromatic heterocycles. The second-order valence-electron chi connectivity index (χ2n) is 6.85. The number of likely N-dealkylation sites (tertiary alicyclic amines) is 1. The Hall–Kier alpha value is -1.69. The molecule has 2 fully saturated rings. The van der Waals surface area contributed by atoms with Crippen LogP contribution in [0.4, 0.5) is 0 Å². The van der Waals surface area contributed by atoms with Gasteiger partial charge in [0.15, 0.2) is 0 Å². The average molecular weight is 305 g/mol. The first-order chi connectivity index (χ1) is 10.3. The van der Waals surface area contributed by atoms with Gasteiger partial charge in [0, 0.05) is 23.9 Å².